The lowest BCUT2D eigenvalue weighted by atomic mass is 9.47. The summed E-state index contributed by atoms with van der Waals surface area (Å²) in [5.41, 5.74) is 2.98. The van der Waals surface area contributed by atoms with E-state index in [0.29, 0.717) is 18.3 Å². The molecule has 2 saturated carbocycles. The molecule has 5 aliphatic rings. The van der Waals surface area contributed by atoms with Crippen LogP contribution in [-0.2, 0) is 38.1 Å². The monoisotopic (exact) mass is 569 g/mol. The molecule has 1 amide bonds. The van der Waals surface area contributed by atoms with Crippen molar-refractivity contribution in [1.82, 2.24) is 5.32 Å². The number of amides is 1. The number of carbonyl (C=O) groups excluding carboxylic acids is 4. The van der Waals surface area contributed by atoms with Gasteiger partial charge in [0.25, 0.3) is 0 Å². The zero-order chi connectivity index (χ0) is 29.7. The van der Waals surface area contributed by atoms with E-state index in [-0.39, 0.29) is 59.3 Å². The Morgan fingerprint density at radius 1 is 0.951 bits per heavy atom. The summed E-state index contributed by atoms with van der Waals surface area (Å²) in [6.45, 7) is 11.3. The van der Waals surface area contributed by atoms with Gasteiger partial charge < -0.3 is 24.3 Å². The molecule has 1 N–H and O–H groups in total. The number of esters is 3. The minimum Gasteiger partial charge on any atom is -0.473 e. The van der Waals surface area contributed by atoms with Gasteiger partial charge in [0.05, 0.1) is 13.2 Å². The average Bonchev–Trinajstić information content (AvgIpc) is 3.15. The maximum atomic E-state index is 13.0. The lowest BCUT2D eigenvalue weighted by Gasteiger charge is -2.57. The van der Waals surface area contributed by atoms with Crippen LogP contribution in [0.4, 0.5) is 0 Å². The van der Waals surface area contributed by atoms with Crippen LogP contribution in [0, 0.1) is 28.6 Å². The predicted molar refractivity (Wildman–Crippen MR) is 149 cm³/mol. The maximum Gasteiger partial charge on any atom is 0.374 e. The molecular formula is C32H43NO8. The highest BCUT2D eigenvalue weighted by Crippen LogP contribution is 2.66. The van der Waals surface area contributed by atoms with E-state index in [1.807, 2.05) is 0 Å². The van der Waals surface area contributed by atoms with Gasteiger partial charge in [0, 0.05) is 31.4 Å². The smallest absolute Gasteiger partial charge is 0.374 e. The van der Waals surface area contributed by atoms with Gasteiger partial charge in [0.15, 0.2) is 6.10 Å². The minimum atomic E-state index is -0.763. The minimum absolute atomic E-state index is 0.0395. The molecule has 7 atom stereocenters. The summed E-state index contributed by atoms with van der Waals surface area (Å²) in [6.07, 6.45) is 7.68. The maximum absolute atomic E-state index is 13.0. The summed E-state index contributed by atoms with van der Waals surface area (Å²) < 4.78 is 22.0. The van der Waals surface area contributed by atoms with E-state index in [1.165, 1.54) is 19.4 Å². The SMILES string of the molecule is CCOC(=O)C1=C(C(=O)OCC)C(C2=C(NC(C)=O)[C@@]3(C)CC[C@H]4[C@@H](CC=C5C[C@@H](OC(C)=O)CC[C@@]54C)[C@@H]3C2)O1. The summed E-state index contributed by atoms with van der Waals surface area (Å²) in [5, 5.41) is 3.13. The Morgan fingerprint density at radius 2 is 1.63 bits per heavy atom. The van der Waals surface area contributed by atoms with Gasteiger partial charge in [0.1, 0.15) is 11.7 Å². The number of hydrogen-bond donors (Lipinski definition) is 1. The molecule has 0 spiro atoms. The second-order valence-electron chi connectivity index (χ2n) is 12.7. The van der Waals surface area contributed by atoms with E-state index >= 15 is 0 Å². The highest BCUT2D eigenvalue weighted by Gasteiger charge is 2.60. The van der Waals surface area contributed by atoms with Gasteiger partial charge in [0.2, 0.25) is 11.7 Å². The Labute approximate surface area is 242 Å². The van der Waals surface area contributed by atoms with E-state index in [9.17, 15) is 19.2 Å². The van der Waals surface area contributed by atoms with Crippen molar-refractivity contribution in [3.05, 3.63) is 34.3 Å². The Balaban J connectivity index is 1.48. The molecule has 0 aromatic carbocycles. The number of nitrogens with one attached hydrogen (secondary N) is 1. The van der Waals surface area contributed by atoms with E-state index in [2.05, 4.69) is 25.2 Å². The molecule has 0 aromatic heterocycles. The molecule has 0 radical (unpaired) electrons. The molecule has 4 aliphatic carbocycles. The summed E-state index contributed by atoms with van der Waals surface area (Å²) in [4.78, 5) is 49.7. The van der Waals surface area contributed by atoms with Crippen LogP contribution in [0.2, 0.25) is 0 Å². The van der Waals surface area contributed by atoms with Crippen LogP contribution in [0.5, 0.6) is 0 Å². The van der Waals surface area contributed by atoms with Gasteiger partial charge in [-0.3, -0.25) is 9.59 Å². The fourth-order valence-corrected chi connectivity index (χ4v) is 8.62. The molecule has 0 saturated heterocycles. The van der Waals surface area contributed by atoms with Crippen LogP contribution in [0.25, 0.3) is 0 Å². The van der Waals surface area contributed by atoms with E-state index in [0.717, 1.165) is 49.8 Å². The van der Waals surface area contributed by atoms with Crippen molar-refractivity contribution in [1.29, 1.82) is 0 Å². The van der Waals surface area contributed by atoms with Crippen LogP contribution >= 0.6 is 0 Å². The van der Waals surface area contributed by atoms with Crippen molar-refractivity contribution in [3.63, 3.8) is 0 Å². The van der Waals surface area contributed by atoms with Gasteiger partial charge in [-0.15, -0.1) is 0 Å². The fraction of sp³-hybridized carbons (Fsp3) is 0.688. The summed E-state index contributed by atoms with van der Waals surface area (Å²) in [5.74, 6) is -0.698. The molecule has 0 aromatic rings. The van der Waals surface area contributed by atoms with Gasteiger partial charge in [-0.1, -0.05) is 25.5 Å². The van der Waals surface area contributed by atoms with E-state index in [1.54, 1.807) is 13.8 Å². The average molecular weight is 570 g/mol. The van der Waals surface area contributed by atoms with Gasteiger partial charge in [-0.2, -0.15) is 0 Å². The molecule has 5 rings (SSSR count). The molecule has 1 aliphatic heterocycles. The number of hydrogen-bond acceptors (Lipinski definition) is 8. The van der Waals surface area contributed by atoms with Crippen molar-refractivity contribution in [2.75, 3.05) is 13.2 Å². The summed E-state index contributed by atoms with van der Waals surface area (Å²) in [7, 11) is 0. The Morgan fingerprint density at radius 3 is 2.29 bits per heavy atom. The number of ether oxygens (including phenoxy) is 4. The molecule has 1 unspecified atom stereocenters. The van der Waals surface area contributed by atoms with E-state index in [4.69, 9.17) is 18.9 Å². The van der Waals surface area contributed by atoms with Crippen LogP contribution in [0.15, 0.2) is 34.3 Å². The molecule has 41 heavy (non-hydrogen) atoms. The lowest BCUT2D eigenvalue weighted by molar-refractivity contribution is -0.151. The van der Waals surface area contributed by atoms with Gasteiger partial charge >= 0.3 is 17.9 Å². The Kier molecular flexibility index (Phi) is 7.85. The highest BCUT2D eigenvalue weighted by atomic mass is 16.6. The third-order valence-corrected chi connectivity index (χ3v) is 10.4. The van der Waals surface area contributed by atoms with Crippen molar-refractivity contribution < 1.29 is 38.1 Å². The summed E-state index contributed by atoms with van der Waals surface area (Å²) in [6, 6.07) is 0. The van der Waals surface area contributed by atoms with E-state index < -0.39 is 18.0 Å². The summed E-state index contributed by atoms with van der Waals surface area (Å²) >= 11 is 0. The topological polar surface area (TPSA) is 117 Å². The first kappa shape index (κ1) is 29.4. The molecule has 9 nitrogen and oxygen atoms in total. The standard InChI is InChI=1S/C32H43NO8/c1-7-38-29(36)25-26(41-27(25)30(37)39-8-2)22-16-24-21-10-9-19-15-20(40-18(4)35)11-13-31(19,5)23(21)12-14-32(24,6)28(22)33-17(3)34/h9,20-21,23-24,26H,7-8,10-16H2,1-6H3,(H,33,34)/t20-,21+,23-,24-,26?,31-,32-/m0/s1. The Bertz CT molecular complexity index is 1250. The second kappa shape index (κ2) is 11.0. The van der Waals surface area contributed by atoms with Gasteiger partial charge in [-0.25, -0.2) is 9.59 Å². The largest absolute Gasteiger partial charge is 0.473 e. The molecule has 9 heteroatoms. The van der Waals surface area contributed by atoms with Crippen LogP contribution in [-0.4, -0.2) is 49.2 Å². The first-order valence-corrected chi connectivity index (χ1v) is 15.1. The highest BCUT2D eigenvalue weighted by molar-refractivity contribution is 6.02. The number of allylic oxidation sites excluding steroid dienone is 2. The predicted octanol–water partition coefficient (Wildman–Crippen LogP) is 4.66. The van der Waals surface area contributed by atoms with Gasteiger partial charge in [-0.05, 0) is 81.1 Å². The van der Waals surface area contributed by atoms with Crippen molar-refractivity contribution in [2.24, 2.45) is 28.6 Å². The van der Waals surface area contributed by atoms with Crippen molar-refractivity contribution in [2.45, 2.75) is 98.7 Å². The van der Waals surface area contributed by atoms with Crippen molar-refractivity contribution >= 4 is 23.8 Å². The molecule has 0 bridgehead atoms. The first-order valence-electron chi connectivity index (χ1n) is 15.1. The first-order chi connectivity index (χ1) is 19.4. The molecule has 224 valence electrons. The fourth-order valence-electron chi connectivity index (χ4n) is 8.62. The third-order valence-electron chi connectivity index (χ3n) is 10.4. The number of fused-ring (bicyclic) bond motifs is 5. The number of rotatable bonds is 7. The van der Waals surface area contributed by atoms with Crippen LogP contribution < -0.4 is 5.32 Å². The van der Waals surface area contributed by atoms with Crippen LogP contribution in [0.3, 0.4) is 0 Å². The van der Waals surface area contributed by atoms with Crippen LogP contribution in [0.1, 0.15) is 86.5 Å². The third kappa shape index (κ3) is 4.89. The quantitative estimate of drug-likeness (QED) is 0.267. The molecule has 2 fully saturated rings. The normalized spacial score (nSPS) is 35.6. The van der Waals surface area contributed by atoms with Crippen molar-refractivity contribution in [3.8, 4) is 0 Å². The lowest BCUT2D eigenvalue weighted by Crippen LogP contribution is -2.51. The molecule has 1 heterocycles. The zero-order valence-corrected chi connectivity index (χ0v) is 25.1. The Hall–Kier alpha value is -3.10. The molecular weight excluding hydrogens is 526 g/mol. The number of carbonyl (C=O) groups is 4. The second-order valence-corrected chi connectivity index (χ2v) is 12.7. The zero-order valence-electron chi connectivity index (χ0n) is 25.1.